The summed E-state index contributed by atoms with van der Waals surface area (Å²) in [6, 6.07) is 47.1. The van der Waals surface area contributed by atoms with E-state index in [0.29, 0.717) is 0 Å². The molecule has 3 aliphatic rings. The summed E-state index contributed by atoms with van der Waals surface area (Å²) in [5, 5.41) is 0. The minimum atomic E-state index is 0.0824. The van der Waals surface area contributed by atoms with Gasteiger partial charge < -0.3 is 14.4 Å². The van der Waals surface area contributed by atoms with Gasteiger partial charge in [-0.1, -0.05) is 84.6 Å². The third-order valence-electron chi connectivity index (χ3n) is 8.18. The van der Waals surface area contributed by atoms with Crippen LogP contribution in [-0.2, 0) is 0 Å². The van der Waals surface area contributed by atoms with Crippen LogP contribution < -0.4 is 30.8 Å². The first-order chi connectivity index (χ1) is 20.3. The van der Waals surface area contributed by atoms with Crippen molar-refractivity contribution in [1.29, 1.82) is 0 Å². The van der Waals surface area contributed by atoms with Crippen LogP contribution in [0.2, 0.25) is 0 Å². The maximum atomic E-state index is 6.54. The van der Waals surface area contributed by atoms with Crippen molar-refractivity contribution in [3.05, 3.63) is 133 Å². The van der Waals surface area contributed by atoms with E-state index in [4.69, 9.17) is 9.47 Å². The van der Waals surface area contributed by atoms with Gasteiger partial charge in [0, 0.05) is 20.9 Å². The van der Waals surface area contributed by atoms with Crippen molar-refractivity contribution in [1.82, 2.24) is 0 Å². The van der Waals surface area contributed by atoms with Crippen molar-refractivity contribution in [2.45, 2.75) is 9.79 Å². The molecule has 0 fully saturated rings. The molecular formula is C36H22BNO2S. The molecule has 0 amide bonds. The van der Waals surface area contributed by atoms with Crippen LogP contribution in [0, 0.1) is 0 Å². The highest BCUT2D eigenvalue weighted by Crippen LogP contribution is 2.52. The van der Waals surface area contributed by atoms with E-state index < -0.39 is 0 Å². The molecule has 5 heteroatoms. The van der Waals surface area contributed by atoms with E-state index >= 15 is 0 Å². The number of rotatable bonds is 2. The Morgan fingerprint density at radius 1 is 0.488 bits per heavy atom. The molecule has 0 N–H and O–H groups in total. The van der Waals surface area contributed by atoms with Crippen molar-refractivity contribution < 1.29 is 9.47 Å². The molecule has 0 bridgehead atoms. The molecule has 9 rings (SSSR count). The predicted octanol–water partition coefficient (Wildman–Crippen LogP) is 8.02. The monoisotopic (exact) mass is 543 g/mol. The quantitative estimate of drug-likeness (QED) is 0.206. The van der Waals surface area contributed by atoms with Crippen molar-refractivity contribution >= 4 is 51.9 Å². The molecule has 41 heavy (non-hydrogen) atoms. The molecule has 0 saturated carbocycles. The van der Waals surface area contributed by atoms with E-state index in [1.165, 1.54) is 37.7 Å². The summed E-state index contributed by atoms with van der Waals surface area (Å²) in [6.45, 7) is 0.0824. The highest BCUT2D eigenvalue weighted by Gasteiger charge is 2.39. The summed E-state index contributed by atoms with van der Waals surface area (Å²) in [5.74, 6) is 3.54. The fourth-order valence-corrected chi connectivity index (χ4v) is 7.44. The number of fused-ring (bicyclic) bond motifs is 6. The maximum Gasteiger partial charge on any atom is 0.260 e. The van der Waals surface area contributed by atoms with Crippen molar-refractivity contribution in [2.24, 2.45) is 0 Å². The molecule has 3 heterocycles. The molecule has 0 spiro atoms. The Kier molecular flexibility index (Phi) is 4.93. The number of anilines is 3. The highest BCUT2D eigenvalue weighted by atomic mass is 32.2. The first-order valence-corrected chi connectivity index (χ1v) is 14.6. The Bertz CT molecular complexity index is 2010. The molecule has 3 nitrogen and oxygen atoms in total. The lowest BCUT2D eigenvalue weighted by atomic mass is 9.35. The molecule has 0 saturated heterocycles. The number of ether oxygens (including phenoxy) is 2. The van der Waals surface area contributed by atoms with Gasteiger partial charge in [0.1, 0.15) is 23.0 Å². The molecule has 0 aromatic heterocycles. The number of hydrogen-bond acceptors (Lipinski definition) is 4. The SMILES string of the molecule is c1ccc(N2c3ccccc3Sc3cc(-c4ccc5c(c4)Oc4cccc6c4B5c4ccccc4O6)ccc32)cc1. The van der Waals surface area contributed by atoms with E-state index in [1.54, 1.807) is 0 Å². The summed E-state index contributed by atoms with van der Waals surface area (Å²) in [4.78, 5) is 4.84. The van der Waals surface area contributed by atoms with Gasteiger partial charge in [-0.25, -0.2) is 0 Å². The third-order valence-corrected chi connectivity index (χ3v) is 9.30. The molecule has 3 aliphatic heterocycles. The van der Waals surface area contributed by atoms with Crippen LogP contribution in [0.15, 0.2) is 143 Å². The number of nitrogens with zero attached hydrogens (tertiary/aromatic N) is 1. The average Bonchev–Trinajstić information content (AvgIpc) is 3.03. The van der Waals surface area contributed by atoms with Crippen LogP contribution in [0.25, 0.3) is 11.1 Å². The molecule has 0 radical (unpaired) electrons. The van der Waals surface area contributed by atoms with Gasteiger partial charge >= 0.3 is 0 Å². The summed E-state index contributed by atoms with van der Waals surface area (Å²) in [5.41, 5.74) is 9.32. The molecular weight excluding hydrogens is 521 g/mol. The largest absolute Gasteiger partial charge is 0.458 e. The van der Waals surface area contributed by atoms with Crippen LogP contribution in [0.1, 0.15) is 0 Å². The smallest absolute Gasteiger partial charge is 0.260 e. The van der Waals surface area contributed by atoms with E-state index in [9.17, 15) is 0 Å². The van der Waals surface area contributed by atoms with Gasteiger partial charge in [-0.2, -0.15) is 0 Å². The predicted molar refractivity (Wildman–Crippen MR) is 168 cm³/mol. The van der Waals surface area contributed by atoms with Gasteiger partial charge in [0.05, 0.1) is 11.4 Å². The van der Waals surface area contributed by atoms with Crippen LogP contribution in [0.3, 0.4) is 0 Å². The molecule has 192 valence electrons. The Hall–Kier alpha value is -4.87. The molecule has 0 unspecified atom stereocenters. The second-order valence-electron chi connectivity index (χ2n) is 10.5. The number of para-hydroxylation sites is 3. The van der Waals surface area contributed by atoms with E-state index in [-0.39, 0.29) is 6.71 Å². The lowest BCUT2D eigenvalue weighted by Gasteiger charge is -2.33. The number of hydrogen-bond donors (Lipinski definition) is 0. The molecule has 6 aromatic carbocycles. The van der Waals surface area contributed by atoms with Gasteiger partial charge in [-0.15, -0.1) is 0 Å². The zero-order valence-electron chi connectivity index (χ0n) is 22.0. The normalized spacial score (nSPS) is 13.6. The summed E-state index contributed by atoms with van der Waals surface area (Å²) in [7, 11) is 0. The second kappa shape index (κ2) is 8.82. The standard InChI is InChI=1S/C36H22BNO2S/c1-2-9-25(10-3-1)38-28-12-5-7-16-34(28)41-35-22-24(18-20-29(35)38)23-17-19-27-33(21-23)40-32-15-8-14-31-36(32)37(27)26-11-4-6-13-30(26)39-31/h1-22H. The summed E-state index contributed by atoms with van der Waals surface area (Å²) >= 11 is 1.83. The van der Waals surface area contributed by atoms with Gasteiger partial charge in [0.15, 0.2) is 0 Å². The Morgan fingerprint density at radius 2 is 1.15 bits per heavy atom. The fourth-order valence-electron chi connectivity index (χ4n) is 6.35. The van der Waals surface area contributed by atoms with Crippen molar-refractivity contribution in [3.63, 3.8) is 0 Å². The molecule has 0 atom stereocenters. The summed E-state index contributed by atoms with van der Waals surface area (Å²) in [6.07, 6.45) is 0. The summed E-state index contributed by atoms with van der Waals surface area (Å²) < 4.78 is 12.8. The second-order valence-corrected chi connectivity index (χ2v) is 11.6. The highest BCUT2D eigenvalue weighted by molar-refractivity contribution is 7.99. The van der Waals surface area contributed by atoms with Crippen LogP contribution >= 0.6 is 11.8 Å². The van der Waals surface area contributed by atoms with E-state index in [0.717, 1.165) is 39.7 Å². The van der Waals surface area contributed by atoms with Crippen LogP contribution in [0.4, 0.5) is 17.1 Å². The number of benzene rings is 6. The zero-order valence-corrected chi connectivity index (χ0v) is 22.8. The van der Waals surface area contributed by atoms with E-state index in [2.05, 4.69) is 114 Å². The van der Waals surface area contributed by atoms with Crippen LogP contribution in [-0.4, -0.2) is 6.71 Å². The first kappa shape index (κ1) is 22.9. The lowest BCUT2D eigenvalue weighted by Crippen LogP contribution is -2.57. The molecule has 0 aliphatic carbocycles. The third kappa shape index (κ3) is 3.49. The van der Waals surface area contributed by atoms with E-state index in [1.807, 2.05) is 36.0 Å². The topological polar surface area (TPSA) is 21.7 Å². The lowest BCUT2D eigenvalue weighted by molar-refractivity contribution is 0.464. The van der Waals surface area contributed by atoms with Gasteiger partial charge in [-0.3, -0.25) is 0 Å². The van der Waals surface area contributed by atoms with Gasteiger partial charge in [0.2, 0.25) is 0 Å². The minimum Gasteiger partial charge on any atom is -0.458 e. The Labute approximate surface area is 243 Å². The van der Waals surface area contributed by atoms with Crippen molar-refractivity contribution in [3.8, 4) is 34.1 Å². The van der Waals surface area contributed by atoms with Gasteiger partial charge in [0.25, 0.3) is 6.71 Å². The Balaban J connectivity index is 1.15. The first-order valence-electron chi connectivity index (χ1n) is 13.8. The minimum absolute atomic E-state index is 0.0824. The average molecular weight is 543 g/mol. The van der Waals surface area contributed by atoms with Gasteiger partial charge in [-0.05, 0) is 82.7 Å². The van der Waals surface area contributed by atoms with Crippen LogP contribution in [0.5, 0.6) is 23.0 Å². The maximum absolute atomic E-state index is 6.54. The fraction of sp³-hybridized carbons (Fsp3) is 0. The Morgan fingerprint density at radius 3 is 2.05 bits per heavy atom. The molecule has 6 aromatic rings. The van der Waals surface area contributed by atoms with Crippen molar-refractivity contribution in [2.75, 3.05) is 4.90 Å². The zero-order chi connectivity index (χ0) is 26.9.